The Hall–Kier alpha value is -2.80. The van der Waals surface area contributed by atoms with Gasteiger partial charge in [-0.3, -0.25) is 9.78 Å². The zero-order valence-corrected chi connectivity index (χ0v) is 18.8. The zero-order valence-electron chi connectivity index (χ0n) is 17.2. The Morgan fingerprint density at radius 1 is 1.19 bits per heavy atom. The van der Waals surface area contributed by atoms with Crippen LogP contribution in [-0.4, -0.2) is 65.4 Å². The molecule has 2 aromatic heterocycles. The lowest BCUT2D eigenvalue weighted by Gasteiger charge is -2.26. The molecule has 1 aliphatic heterocycles. The number of morpholine rings is 1. The SMILES string of the molecule is CC(Sc1nnc(-c2cccnc2)o1)C(=O)Nc1cccc(S(=O)(=O)N2CCOCC2)c1. The predicted molar refractivity (Wildman–Crippen MR) is 117 cm³/mol. The molecule has 0 spiro atoms. The lowest BCUT2D eigenvalue weighted by atomic mass is 10.3. The number of pyridine rings is 1. The van der Waals surface area contributed by atoms with Crippen molar-refractivity contribution in [3.63, 3.8) is 0 Å². The highest BCUT2D eigenvalue weighted by Crippen LogP contribution is 2.27. The van der Waals surface area contributed by atoms with Crippen LogP contribution in [0.1, 0.15) is 6.92 Å². The lowest BCUT2D eigenvalue weighted by molar-refractivity contribution is -0.115. The van der Waals surface area contributed by atoms with Gasteiger partial charge in [-0.25, -0.2) is 8.42 Å². The summed E-state index contributed by atoms with van der Waals surface area (Å²) in [5.74, 6) is -0.00808. The van der Waals surface area contributed by atoms with Crippen molar-refractivity contribution in [3.05, 3.63) is 48.8 Å². The topological polar surface area (TPSA) is 128 Å². The van der Waals surface area contributed by atoms with E-state index in [1.54, 1.807) is 43.6 Å². The van der Waals surface area contributed by atoms with E-state index in [1.807, 2.05) is 0 Å². The maximum atomic E-state index is 12.8. The average Bonchev–Trinajstić information content (AvgIpc) is 3.29. The molecule has 1 fully saturated rings. The predicted octanol–water partition coefficient (Wildman–Crippen LogP) is 2.27. The van der Waals surface area contributed by atoms with Crippen molar-refractivity contribution in [3.8, 4) is 11.5 Å². The van der Waals surface area contributed by atoms with Crippen LogP contribution in [0.15, 0.2) is 63.3 Å². The molecule has 1 aromatic carbocycles. The molecule has 1 aliphatic rings. The van der Waals surface area contributed by atoms with Gasteiger partial charge >= 0.3 is 0 Å². The Morgan fingerprint density at radius 3 is 2.75 bits per heavy atom. The number of thioether (sulfide) groups is 1. The average molecular weight is 476 g/mol. The number of amides is 1. The summed E-state index contributed by atoms with van der Waals surface area (Å²) in [5.41, 5.74) is 1.07. The molecular weight excluding hydrogens is 454 g/mol. The largest absolute Gasteiger partial charge is 0.411 e. The van der Waals surface area contributed by atoms with Gasteiger partial charge in [0, 0.05) is 31.2 Å². The lowest BCUT2D eigenvalue weighted by Crippen LogP contribution is -2.40. The minimum atomic E-state index is -3.65. The first kappa shape index (κ1) is 22.4. The number of benzene rings is 1. The molecule has 0 bridgehead atoms. The van der Waals surface area contributed by atoms with Gasteiger partial charge in [-0.05, 0) is 37.3 Å². The number of ether oxygens (including phenoxy) is 1. The second-order valence-corrected chi connectivity index (χ2v) is 10.1. The fraction of sp³-hybridized carbons (Fsp3) is 0.300. The van der Waals surface area contributed by atoms with Crippen LogP contribution in [0, 0.1) is 0 Å². The molecule has 4 rings (SSSR count). The normalized spacial score (nSPS) is 15.9. The molecule has 1 atom stereocenters. The number of nitrogens with zero attached hydrogens (tertiary/aromatic N) is 4. The van der Waals surface area contributed by atoms with Crippen molar-refractivity contribution in [2.75, 3.05) is 31.6 Å². The summed E-state index contributed by atoms with van der Waals surface area (Å²) < 4.78 is 37.9. The third kappa shape index (κ3) is 5.15. The summed E-state index contributed by atoms with van der Waals surface area (Å²) in [6.45, 7) is 3.03. The molecule has 32 heavy (non-hydrogen) atoms. The number of aromatic nitrogens is 3. The van der Waals surface area contributed by atoms with Crippen molar-refractivity contribution in [2.45, 2.75) is 22.3 Å². The molecule has 1 unspecified atom stereocenters. The summed E-state index contributed by atoms with van der Waals surface area (Å²) in [5, 5.41) is 10.4. The van der Waals surface area contributed by atoms with E-state index in [2.05, 4.69) is 20.5 Å². The molecule has 1 N–H and O–H groups in total. The number of rotatable bonds is 7. The van der Waals surface area contributed by atoms with Crippen molar-refractivity contribution in [1.82, 2.24) is 19.5 Å². The summed E-state index contributed by atoms with van der Waals surface area (Å²) >= 11 is 1.11. The van der Waals surface area contributed by atoms with Crippen LogP contribution in [0.5, 0.6) is 0 Å². The molecule has 0 radical (unpaired) electrons. The van der Waals surface area contributed by atoms with E-state index >= 15 is 0 Å². The molecule has 12 heteroatoms. The minimum Gasteiger partial charge on any atom is -0.411 e. The van der Waals surface area contributed by atoms with E-state index in [4.69, 9.17) is 9.15 Å². The van der Waals surface area contributed by atoms with Crippen LogP contribution in [0.4, 0.5) is 5.69 Å². The van der Waals surface area contributed by atoms with Gasteiger partial charge in [0.05, 0.1) is 28.9 Å². The Balaban J connectivity index is 1.40. The third-order valence-electron chi connectivity index (χ3n) is 4.67. The van der Waals surface area contributed by atoms with Gasteiger partial charge in [-0.2, -0.15) is 4.31 Å². The van der Waals surface area contributed by atoms with E-state index in [1.165, 1.54) is 16.4 Å². The van der Waals surface area contributed by atoms with Crippen molar-refractivity contribution in [2.24, 2.45) is 0 Å². The first-order chi connectivity index (χ1) is 15.4. The van der Waals surface area contributed by atoms with Crippen molar-refractivity contribution >= 4 is 33.4 Å². The van der Waals surface area contributed by atoms with Crippen LogP contribution < -0.4 is 5.32 Å². The smallest absolute Gasteiger partial charge is 0.277 e. The van der Waals surface area contributed by atoms with E-state index in [0.717, 1.165) is 11.8 Å². The molecule has 3 aromatic rings. The minimum absolute atomic E-state index is 0.121. The Labute approximate surface area is 189 Å². The molecule has 1 amide bonds. The first-order valence-corrected chi connectivity index (χ1v) is 12.1. The van der Waals surface area contributed by atoms with Gasteiger partial charge < -0.3 is 14.5 Å². The highest BCUT2D eigenvalue weighted by atomic mass is 32.2. The van der Waals surface area contributed by atoms with Gasteiger partial charge in [0.1, 0.15) is 0 Å². The first-order valence-electron chi connectivity index (χ1n) is 9.83. The molecule has 0 saturated carbocycles. The molecule has 10 nitrogen and oxygen atoms in total. The highest BCUT2D eigenvalue weighted by molar-refractivity contribution is 8.00. The fourth-order valence-electron chi connectivity index (χ4n) is 2.98. The summed E-state index contributed by atoms with van der Waals surface area (Å²) in [6.07, 6.45) is 3.25. The van der Waals surface area contributed by atoms with E-state index in [-0.39, 0.29) is 16.0 Å². The van der Waals surface area contributed by atoms with Crippen LogP contribution >= 0.6 is 11.8 Å². The highest BCUT2D eigenvalue weighted by Gasteiger charge is 2.27. The van der Waals surface area contributed by atoms with E-state index in [9.17, 15) is 13.2 Å². The molecule has 1 saturated heterocycles. The number of sulfonamides is 1. The van der Waals surface area contributed by atoms with Crippen LogP contribution in [0.3, 0.4) is 0 Å². The standard InChI is InChI=1S/C20H21N5O5S2/c1-14(31-20-24-23-19(30-20)15-4-3-7-21-13-15)18(26)22-16-5-2-6-17(12-16)32(27,28)25-8-10-29-11-9-25/h2-7,12-14H,8-11H2,1H3,(H,22,26). The summed E-state index contributed by atoms with van der Waals surface area (Å²) in [6, 6.07) is 9.75. The quantitative estimate of drug-likeness (QED) is 0.512. The third-order valence-corrected chi connectivity index (χ3v) is 7.50. The molecular formula is C20H21N5O5S2. The van der Waals surface area contributed by atoms with Crippen LogP contribution in [0.25, 0.3) is 11.5 Å². The van der Waals surface area contributed by atoms with E-state index in [0.29, 0.717) is 43.4 Å². The van der Waals surface area contributed by atoms with Crippen LogP contribution in [-0.2, 0) is 19.6 Å². The van der Waals surface area contributed by atoms with E-state index < -0.39 is 15.3 Å². The maximum Gasteiger partial charge on any atom is 0.277 e. The Bertz CT molecular complexity index is 1180. The number of anilines is 1. The fourth-order valence-corrected chi connectivity index (χ4v) is 5.12. The number of hydrogen-bond donors (Lipinski definition) is 1. The summed E-state index contributed by atoms with van der Waals surface area (Å²) in [7, 11) is -3.65. The Morgan fingerprint density at radius 2 is 2.00 bits per heavy atom. The zero-order chi connectivity index (χ0) is 22.6. The number of hydrogen-bond acceptors (Lipinski definition) is 9. The van der Waals surface area contributed by atoms with Crippen LogP contribution in [0.2, 0.25) is 0 Å². The van der Waals surface area contributed by atoms with Gasteiger partial charge in [0.15, 0.2) is 0 Å². The monoisotopic (exact) mass is 475 g/mol. The Kier molecular flexibility index (Phi) is 6.84. The second-order valence-electron chi connectivity index (χ2n) is 6.91. The van der Waals surface area contributed by atoms with Crippen molar-refractivity contribution < 1.29 is 22.4 Å². The number of carbonyl (C=O) groups excluding carboxylic acids is 1. The van der Waals surface area contributed by atoms with Crippen molar-refractivity contribution in [1.29, 1.82) is 0 Å². The van der Waals surface area contributed by atoms with Gasteiger partial charge in [-0.1, -0.05) is 17.8 Å². The second kappa shape index (κ2) is 9.77. The van der Waals surface area contributed by atoms with Gasteiger partial charge in [0.2, 0.25) is 21.8 Å². The number of nitrogens with one attached hydrogen (secondary N) is 1. The molecule has 0 aliphatic carbocycles. The molecule has 3 heterocycles. The molecule has 168 valence electrons. The van der Waals surface area contributed by atoms with Gasteiger partial charge in [0.25, 0.3) is 5.22 Å². The van der Waals surface area contributed by atoms with Gasteiger partial charge in [-0.15, -0.1) is 10.2 Å². The summed E-state index contributed by atoms with van der Waals surface area (Å²) in [4.78, 5) is 16.8. The maximum absolute atomic E-state index is 12.8. The number of carbonyl (C=O) groups is 1.